The minimum atomic E-state index is -0.608. The van der Waals surface area contributed by atoms with Crippen molar-refractivity contribution in [2.24, 2.45) is 0 Å². The van der Waals surface area contributed by atoms with Crippen LogP contribution in [0.15, 0.2) is 30.3 Å². The molecule has 5 heteroatoms. The second-order valence-corrected chi connectivity index (χ2v) is 6.38. The lowest BCUT2D eigenvalue weighted by molar-refractivity contribution is -0.114. The highest BCUT2D eigenvalue weighted by Gasteiger charge is 2.16. The van der Waals surface area contributed by atoms with Gasteiger partial charge in [-0.2, -0.15) is 0 Å². The molecule has 0 spiro atoms. The van der Waals surface area contributed by atoms with Crippen LogP contribution in [0, 0.1) is 27.7 Å². The summed E-state index contributed by atoms with van der Waals surface area (Å²) in [6, 6.07) is 8.24. The van der Waals surface area contributed by atoms with Crippen LogP contribution in [0.1, 0.15) is 49.9 Å². The largest absolute Gasteiger partial charge is 0.454 e. The molecule has 0 radical (unpaired) electrons. The van der Waals surface area contributed by atoms with E-state index in [2.05, 4.69) is 5.32 Å². The Balaban J connectivity index is 2.10. The van der Waals surface area contributed by atoms with Crippen molar-refractivity contribution >= 4 is 23.3 Å². The number of nitrogens with one attached hydrogen (secondary N) is 1. The van der Waals surface area contributed by atoms with Gasteiger partial charge in [0, 0.05) is 18.2 Å². The Bertz CT molecular complexity index is 884. The number of Topliss-reactive ketones (excluding diaryl/α,β-unsaturated/α-hetero) is 1. The Morgan fingerprint density at radius 2 is 1.65 bits per heavy atom. The molecular weight excluding hydrogens is 330 g/mol. The fourth-order valence-corrected chi connectivity index (χ4v) is 2.72. The quantitative estimate of drug-likeness (QED) is 0.653. The van der Waals surface area contributed by atoms with E-state index in [1.54, 1.807) is 18.2 Å². The molecule has 26 heavy (non-hydrogen) atoms. The molecule has 0 unspecified atom stereocenters. The van der Waals surface area contributed by atoms with Crippen LogP contribution >= 0.6 is 0 Å². The summed E-state index contributed by atoms with van der Waals surface area (Å²) in [5.74, 6) is -1.07. The van der Waals surface area contributed by atoms with Crippen molar-refractivity contribution in [3.8, 4) is 0 Å². The number of hydrogen-bond acceptors (Lipinski definition) is 4. The number of hydrogen-bond donors (Lipinski definition) is 1. The Morgan fingerprint density at radius 3 is 2.31 bits per heavy atom. The third kappa shape index (κ3) is 4.36. The minimum Gasteiger partial charge on any atom is -0.454 e. The number of carbonyl (C=O) groups is 3. The van der Waals surface area contributed by atoms with Crippen LogP contribution in [-0.4, -0.2) is 24.3 Å². The van der Waals surface area contributed by atoms with Gasteiger partial charge < -0.3 is 10.1 Å². The van der Waals surface area contributed by atoms with Crippen LogP contribution in [0.2, 0.25) is 0 Å². The van der Waals surface area contributed by atoms with Crippen LogP contribution in [0.4, 0.5) is 5.69 Å². The maximum absolute atomic E-state index is 12.5. The molecule has 0 bridgehead atoms. The number of esters is 1. The predicted molar refractivity (Wildman–Crippen MR) is 101 cm³/mol. The van der Waals surface area contributed by atoms with E-state index in [0.717, 1.165) is 22.3 Å². The van der Waals surface area contributed by atoms with Gasteiger partial charge in [-0.15, -0.1) is 0 Å². The smallest absolute Gasteiger partial charge is 0.338 e. The molecule has 0 aliphatic rings. The van der Waals surface area contributed by atoms with Gasteiger partial charge in [0.25, 0.3) is 0 Å². The number of amides is 1. The lowest BCUT2D eigenvalue weighted by Gasteiger charge is -2.13. The lowest BCUT2D eigenvalue weighted by atomic mass is 9.93. The highest BCUT2D eigenvalue weighted by molar-refractivity contribution is 6.01. The molecule has 0 saturated heterocycles. The Kier molecular flexibility index (Phi) is 5.93. The van der Waals surface area contributed by atoms with Crippen LogP contribution in [0.5, 0.6) is 0 Å². The normalized spacial score (nSPS) is 10.3. The van der Waals surface area contributed by atoms with Gasteiger partial charge in [0.2, 0.25) is 11.7 Å². The van der Waals surface area contributed by atoms with E-state index < -0.39 is 5.97 Å². The molecule has 5 nitrogen and oxygen atoms in total. The van der Waals surface area contributed by atoms with E-state index in [1.165, 1.54) is 13.0 Å². The van der Waals surface area contributed by atoms with Crippen molar-refractivity contribution in [2.45, 2.75) is 34.6 Å². The van der Waals surface area contributed by atoms with Gasteiger partial charge in [-0.25, -0.2) is 4.79 Å². The molecule has 0 fully saturated rings. The lowest BCUT2D eigenvalue weighted by Crippen LogP contribution is -2.16. The topological polar surface area (TPSA) is 72.5 Å². The monoisotopic (exact) mass is 353 g/mol. The first kappa shape index (κ1) is 19.4. The number of aryl methyl sites for hydroxylation is 1. The zero-order chi connectivity index (χ0) is 19.4. The number of anilines is 1. The first-order valence-corrected chi connectivity index (χ1v) is 8.36. The van der Waals surface area contributed by atoms with Crippen LogP contribution < -0.4 is 5.32 Å². The summed E-state index contributed by atoms with van der Waals surface area (Å²) in [6.45, 7) is 8.91. The molecule has 0 aliphatic heterocycles. The molecule has 2 aromatic rings. The van der Waals surface area contributed by atoms with Crippen molar-refractivity contribution in [1.29, 1.82) is 0 Å². The summed E-state index contributed by atoms with van der Waals surface area (Å²) in [6.07, 6.45) is 0. The summed E-state index contributed by atoms with van der Waals surface area (Å²) < 4.78 is 5.17. The van der Waals surface area contributed by atoms with Gasteiger partial charge in [0.15, 0.2) is 6.61 Å². The van der Waals surface area contributed by atoms with E-state index in [1.807, 2.05) is 33.8 Å². The predicted octanol–water partition coefficient (Wildman–Crippen LogP) is 3.92. The van der Waals surface area contributed by atoms with Crippen LogP contribution in [0.25, 0.3) is 0 Å². The summed E-state index contributed by atoms with van der Waals surface area (Å²) >= 11 is 0. The first-order chi connectivity index (χ1) is 12.2. The van der Waals surface area contributed by atoms with Gasteiger partial charge in [-0.05, 0) is 74.2 Å². The van der Waals surface area contributed by atoms with Crippen molar-refractivity contribution in [3.05, 3.63) is 63.7 Å². The molecule has 0 atom stereocenters. The van der Waals surface area contributed by atoms with E-state index in [-0.39, 0.29) is 23.9 Å². The molecule has 1 amide bonds. The van der Waals surface area contributed by atoms with Gasteiger partial charge in [-0.1, -0.05) is 6.07 Å². The number of rotatable bonds is 5. The molecule has 2 rings (SSSR count). The van der Waals surface area contributed by atoms with Gasteiger partial charge in [-0.3, -0.25) is 9.59 Å². The number of ether oxygens (including phenoxy) is 1. The fraction of sp³-hybridized carbons (Fsp3) is 0.286. The molecule has 0 saturated carbocycles. The maximum Gasteiger partial charge on any atom is 0.338 e. The van der Waals surface area contributed by atoms with Crippen LogP contribution in [-0.2, 0) is 9.53 Å². The molecular formula is C21H23NO4. The van der Waals surface area contributed by atoms with E-state index >= 15 is 0 Å². The zero-order valence-electron chi connectivity index (χ0n) is 15.7. The third-order valence-corrected chi connectivity index (χ3v) is 4.53. The molecule has 0 aliphatic carbocycles. The second kappa shape index (κ2) is 7.95. The van der Waals surface area contributed by atoms with Crippen molar-refractivity contribution in [1.82, 2.24) is 0 Å². The summed E-state index contributed by atoms with van der Waals surface area (Å²) in [7, 11) is 0. The average Bonchev–Trinajstić information content (AvgIpc) is 2.60. The molecule has 0 heterocycles. The molecule has 1 N–H and O–H groups in total. The molecule has 136 valence electrons. The average molecular weight is 353 g/mol. The summed E-state index contributed by atoms with van der Waals surface area (Å²) in [4.78, 5) is 35.8. The Hall–Kier alpha value is -2.95. The fourth-order valence-electron chi connectivity index (χ4n) is 2.72. The summed E-state index contributed by atoms with van der Waals surface area (Å²) in [5, 5.41) is 2.60. The Labute approximate surface area is 153 Å². The number of carbonyl (C=O) groups excluding carboxylic acids is 3. The van der Waals surface area contributed by atoms with E-state index in [4.69, 9.17) is 4.74 Å². The highest BCUT2D eigenvalue weighted by Crippen LogP contribution is 2.22. The van der Waals surface area contributed by atoms with Crippen LogP contribution in [0.3, 0.4) is 0 Å². The van der Waals surface area contributed by atoms with Crippen molar-refractivity contribution in [2.75, 3.05) is 11.9 Å². The number of benzene rings is 2. The maximum atomic E-state index is 12.5. The highest BCUT2D eigenvalue weighted by atomic mass is 16.5. The zero-order valence-corrected chi connectivity index (χ0v) is 15.7. The van der Waals surface area contributed by atoms with E-state index in [0.29, 0.717) is 11.3 Å². The van der Waals surface area contributed by atoms with Crippen molar-refractivity contribution < 1.29 is 19.1 Å². The van der Waals surface area contributed by atoms with Gasteiger partial charge in [0.05, 0.1) is 5.56 Å². The second-order valence-electron chi connectivity index (χ2n) is 6.38. The molecule has 2 aromatic carbocycles. The SMILES string of the molecule is CC(=O)Nc1cccc(C(=O)OCC(=O)c2cc(C)c(C)c(C)c2C)c1. The van der Waals surface area contributed by atoms with Crippen molar-refractivity contribution in [3.63, 3.8) is 0 Å². The first-order valence-electron chi connectivity index (χ1n) is 8.36. The number of ketones is 1. The Morgan fingerprint density at radius 1 is 0.962 bits per heavy atom. The summed E-state index contributed by atoms with van der Waals surface area (Å²) in [5.41, 5.74) is 5.52. The van der Waals surface area contributed by atoms with E-state index in [9.17, 15) is 14.4 Å². The minimum absolute atomic E-state index is 0.230. The van der Waals surface area contributed by atoms with Gasteiger partial charge >= 0.3 is 5.97 Å². The van der Waals surface area contributed by atoms with Gasteiger partial charge in [0.1, 0.15) is 0 Å². The molecule has 0 aromatic heterocycles. The standard InChI is InChI=1S/C21H23NO4/c1-12-9-19(15(4)14(3)13(12)2)20(24)11-26-21(25)17-7-6-8-18(10-17)22-16(5)23/h6-10H,11H2,1-5H3,(H,22,23). The third-order valence-electron chi connectivity index (χ3n) is 4.53.